The Morgan fingerprint density at radius 2 is 1.74 bits per heavy atom. The van der Waals surface area contributed by atoms with E-state index in [-0.39, 0.29) is 24.5 Å². The first-order chi connectivity index (χ1) is 11.0. The highest BCUT2D eigenvalue weighted by Gasteiger charge is 2.31. The zero-order valence-electron chi connectivity index (χ0n) is 13.3. The number of esters is 3. The van der Waals surface area contributed by atoms with E-state index in [1.54, 1.807) is 44.2 Å². The third-order valence-corrected chi connectivity index (χ3v) is 2.74. The van der Waals surface area contributed by atoms with Gasteiger partial charge in [-0.3, -0.25) is 4.99 Å². The summed E-state index contributed by atoms with van der Waals surface area (Å²) in [5.74, 6) is -2.26. The number of carbonyl (C=O) groups excluding carboxylic acids is 3. The molecule has 1 unspecified atom stereocenters. The monoisotopic (exact) mass is 321 g/mol. The van der Waals surface area contributed by atoms with Crippen LogP contribution in [0.25, 0.3) is 0 Å². The summed E-state index contributed by atoms with van der Waals surface area (Å²) >= 11 is 0. The van der Waals surface area contributed by atoms with Crippen molar-refractivity contribution >= 4 is 23.6 Å². The second-order valence-corrected chi connectivity index (χ2v) is 4.31. The van der Waals surface area contributed by atoms with Gasteiger partial charge in [-0.1, -0.05) is 25.1 Å². The van der Waals surface area contributed by atoms with Gasteiger partial charge >= 0.3 is 17.9 Å². The Hall–Kier alpha value is -2.70. The minimum atomic E-state index is -1.58. The van der Waals surface area contributed by atoms with Crippen molar-refractivity contribution in [1.29, 1.82) is 0 Å². The molecule has 7 nitrogen and oxygen atoms in total. The van der Waals surface area contributed by atoms with Gasteiger partial charge in [-0.2, -0.15) is 0 Å². The molecule has 1 aromatic rings. The van der Waals surface area contributed by atoms with Gasteiger partial charge in [0.2, 0.25) is 6.04 Å². The number of carbonyl (C=O) groups is 3. The van der Waals surface area contributed by atoms with E-state index in [1.807, 2.05) is 0 Å². The van der Waals surface area contributed by atoms with E-state index < -0.39 is 23.9 Å². The largest absolute Gasteiger partial charge is 0.465 e. The fraction of sp³-hybridized carbons (Fsp3) is 0.375. The molecular formula is C16H19NO6. The Balaban J connectivity index is 3.04. The van der Waals surface area contributed by atoms with Crippen molar-refractivity contribution in [2.75, 3.05) is 13.7 Å². The highest BCUT2D eigenvalue weighted by molar-refractivity contribution is 6.36. The van der Waals surface area contributed by atoms with Crippen molar-refractivity contribution in [3.63, 3.8) is 0 Å². The topological polar surface area (TPSA) is 91.3 Å². The van der Waals surface area contributed by atoms with Gasteiger partial charge < -0.3 is 14.2 Å². The zero-order valence-corrected chi connectivity index (χ0v) is 13.3. The average Bonchev–Trinajstić information content (AvgIpc) is 2.56. The number of hydrogen-bond acceptors (Lipinski definition) is 7. The van der Waals surface area contributed by atoms with Crippen LogP contribution in [0, 0.1) is 0 Å². The van der Waals surface area contributed by atoms with Crippen LogP contribution in [0.3, 0.4) is 0 Å². The molecule has 124 valence electrons. The third-order valence-electron chi connectivity index (χ3n) is 2.74. The molecule has 0 aromatic heterocycles. The number of para-hydroxylation sites is 1. The predicted molar refractivity (Wildman–Crippen MR) is 82.2 cm³/mol. The normalized spacial score (nSPS) is 12.2. The first-order valence-corrected chi connectivity index (χ1v) is 7.11. The number of hydrogen-bond donors (Lipinski definition) is 0. The lowest BCUT2D eigenvalue weighted by Gasteiger charge is -2.12. The number of nitrogens with zero attached hydrogens (tertiary/aromatic N) is 1. The molecule has 0 amide bonds. The van der Waals surface area contributed by atoms with E-state index in [1.165, 1.54) is 7.11 Å². The van der Waals surface area contributed by atoms with Crippen molar-refractivity contribution in [3.05, 3.63) is 30.3 Å². The Labute approximate surface area is 134 Å². The molecule has 0 saturated carbocycles. The van der Waals surface area contributed by atoms with Gasteiger partial charge in [-0.05, 0) is 25.5 Å². The second-order valence-electron chi connectivity index (χ2n) is 4.31. The smallest absolute Gasteiger partial charge is 0.351 e. The molecule has 1 atom stereocenters. The van der Waals surface area contributed by atoms with Crippen molar-refractivity contribution in [2.45, 2.75) is 26.3 Å². The average molecular weight is 321 g/mol. The van der Waals surface area contributed by atoms with Crippen LogP contribution < -0.4 is 4.74 Å². The van der Waals surface area contributed by atoms with E-state index in [9.17, 15) is 14.4 Å². The minimum absolute atomic E-state index is 0.0458. The van der Waals surface area contributed by atoms with Crippen LogP contribution in [0.4, 0.5) is 0 Å². The zero-order chi connectivity index (χ0) is 17.2. The van der Waals surface area contributed by atoms with Crippen LogP contribution >= 0.6 is 0 Å². The van der Waals surface area contributed by atoms with Crippen molar-refractivity contribution in [2.24, 2.45) is 4.99 Å². The van der Waals surface area contributed by atoms with Crippen LogP contribution in [0.15, 0.2) is 35.3 Å². The summed E-state index contributed by atoms with van der Waals surface area (Å²) in [7, 11) is 1.19. The maximum absolute atomic E-state index is 12.2. The van der Waals surface area contributed by atoms with Crippen LogP contribution in [-0.2, 0) is 23.9 Å². The van der Waals surface area contributed by atoms with Crippen molar-refractivity contribution < 1.29 is 28.6 Å². The first-order valence-electron chi connectivity index (χ1n) is 7.11. The summed E-state index contributed by atoms with van der Waals surface area (Å²) in [5, 5.41) is 0. The maximum atomic E-state index is 12.2. The van der Waals surface area contributed by atoms with Gasteiger partial charge in [0.25, 0.3) is 0 Å². The third kappa shape index (κ3) is 5.54. The number of methoxy groups -OCH3 is 1. The van der Waals surface area contributed by atoms with Gasteiger partial charge in [-0.15, -0.1) is 0 Å². The van der Waals surface area contributed by atoms with Crippen molar-refractivity contribution in [1.82, 2.24) is 0 Å². The van der Waals surface area contributed by atoms with Crippen LogP contribution in [0.1, 0.15) is 20.3 Å². The highest BCUT2D eigenvalue weighted by Crippen LogP contribution is 2.11. The van der Waals surface area contributed by atoms with Crippen LogP contribution in [0.5, 0.6) is 5.75 Å². The molecule has 7 heteroatoms. The van der Waals surface area contributed by atoms with Gasteiger partial charge in [-0.25, -0.2) is 14.4 Å². The summed E-state index contributed by atoms with van der Waals surface area (Å²) in [6.45, 7) is 3.33. The van der Waals surface area contributed by atoms with Crippen molar-refractivity contribution in [3.8, 4) is 5.75 Å². The number of rotatable bonds is 7. The quantitative estimate of drug-likeness (QED) is 0.327. The molecule has 0 aliphatic carbocycles. The first kappa shape index (κ1) is 18.3. The molecule has 0 aliphatic rings. The standard InChI is InChI=1S/C16H19NO6/c1-4-12(14(18)21-3)17-13(15(19)22-5-2)16(20)23-11-9-7-6-8-10-11/h6-10,13H,4-5H2,1-3H3. The minimum Gasteiger partial charge on any atom is -0.465 e. The maximum Gasteiger partial charge on any atom is 0.351 e. The number of ether oxygens (including phenoxy) is 3. The Kier molecular flexibility index (Phi) is 7.45. The van der Waals surface area contributed by atoms with E-state index in [0.717, 1.165) is 0 Å². The molecule has 1 aromatic carbocycles. The van der Waals surface area contributed by atoms with Gasteiger partial charge in [0, 0.05) is 0 Å². The van der Waals surface area contributed by atoms with E-state index in [4.69, 9.17) is 9.47 Å². The summed E-state index contributed by atoms with van der Waals surface area (Å²) in [4.78, 5) is 39.6. The van der Waals surface area contributed by atoms with E-state index in [0.29, 0.717) is 0 Å². The molecular weight excluding hydrogens is 302 g/mol. The number of benzene rings is 1. The van der Waals surface area contributed by atoms with E-state index in [2.05, 4.69) is 9.73 Å². The summed E-state index contributed by atoms with van der Waals surface area (Å²) in [5.41, 5.74) is -0.0458. The SMILES string of the molecule is CCOC(=O)C(N=C(CC)C(=O)OC)C(=O)Oc1ccccc1. The number of aliphatic imine (C=N–C) groups is 1. The Morgan fingerprint density at radius 1 is 1.09 bits per heavy atom. The molecule has 0 bridgehead atoms. The fourth-order valence-corrected chi connectivity index (χ4v) is 1.65. The lowest BCUT2D eigenvalue weighted by Crippen LogP contribution is -2.35. The molecule has 0 N–H and O–H groups in total. The molecule has 0 aliphatic heterocycles. The predicted octanol–water partition coefficient (Wildman–Crippen LogP) is 1.55. The summed E-state index contributed by atoms with van der Waals surface area (Å²) < 4.78 is 14.5. The Morgan fingerprint density at radius 3 is 2.26 bits per heavy atom. The molecule has 0 spiro atoms. The molecule has 0 fully saturated rings. The molecule has 0 heterocycles. The van der Waals surface area contributed by atoms with Gasteiger partial charge in [0.15, 0.2) is 0 Å². The molecule has 0 saturated heterocycles. The summed E-state index contributed by atoms with van der Waals surface area (Å²) in [6.07, 6.45) is 0.196. The van der Waals surface area contributed by atoms with Crippen LogP contribution in [0.2, 0.25) is 0 Å². The Bertz CT molecular complexity index is 581. The van der Waals surface area contributed by atoms with E-state index >= 15 is 0 Å². The van der Waals surface area contributed by atoms with Crippen LogP contribution in [-0.4, -0.2) is 43.4 Å². The van der Waals surface area contributed by atoms with Gasteiger partial charge in [0.05, 0.1) is 13.7 Å². The second kappa shape index (κ2) is 9.34. The lowest BCUT2D eigenvalue weighted by atomic mass is 10.2. The van der Waals surface area contributed by atoms with Gasteiger partial charge in [0.1, 0.15) is 11.5 Å². The lowest BCUT2D eigenvalue weighted by molar-refractivity contribution is -0.152. The highest BCUT2D eigenvalue weighted by atomic mass is 16.6. The fourth-order valence-electron chi connectivity index (χ4n) is 1.65. The molecule has 0 radical (unpaired) electrons. The summed E-state index contributed by atoms with van der Waals surface area (Å²) in [6, 6.07) is 6.65. The molecule has 1 rings (SSSR count). The molecule has 23 heavy (non-hydrogen) atoms.